The summed E-state index contributed by atoms with van der Waals surface area (Å²) in [6, 6.07) is 11.9. The summed E-state index contributed by atoms with van der Waals surface area (Å²) < 4.78 is 11.8. The smallest absolute Gasteiger partial charge is 0.312 e. The maximum absolute atomic E-state index is 14.1. The highest BCUT2D eigenvalue weighted by Crippen LogP contribution is 2.60. The summed E-state index contributed by atoms with van der Waals surface area (Å²) in [5.41, 5.74) is -0.597. The molecule has 8 atom stereocenters. The number of aliphatic hydroxyl groups excluding tert-OH is 1. The van der Waals surface area contributed by atoms with Crippen LogP contribution in [0.1, 0.15) is 33.6 Å². The van der Waals surface area contributed by atoms with Gasteiger partial charge in [-0.2, -0.15) is 0 Å². The van der Waals surface area contributed by atoms with Gasteiger partial charge in [0, 0.05) is 10.5 Å². The van der Waals surface area contributed by atoms with Crippen molar-refractivity contribution < 1.29 is 29.0 Å². The molecule has 198 valence electrons. The van der Waals surface area contributed by atoms with Crippen LogP contribution in [0.4, 0.5) is 5.69 Å². The number of alkyl halides is 1. The lowest BCUT2D eigenvalue weighted by molar-refractivity contribution is -0.155. The van der Waals surface area contributed by atoms with E-state index in [1.165, 1.54) is 4.90 Å². The van der Waals surface area contributed by atoms with E-state index in [0.29, 0.717) is 18.5 Å². The van der Waals surface area contributed by atoms with Gasteiger partial charge in [0.1, 0.15) is 11.6 Å². The van der Waals surface area contributed by atoms with E-state index in [-0.39, 0.29) is 29.9 Å². The van der Waals surface area contributed by atoms with Crippen LogP contribution in [0.25, 0.3) is 10.8 Å². The standard InChI is InChI=1S/C28H33BrN2O6/c1-4-15(3)20(14-32)31-24(25(33)30-18-11-10-16-8-6-7-9-17(16)12-18)28-13-19(29)23(37-28)21(22(28)26(31)34)27(35)36-5-2/h6-12,15,19-24,32H,4-5,13-14H2,1-3H3,(H,30,33)/t15-,19?,20-,21+,22-,23+,24+,28-/m0/s1. The maximum atomic E-state index is 14.1. The van der Waals surface area contributed by atoms with Crippen molar-refractivity contribution in [2.45, 2.75) is 62.2 Å². The predicted octanol–water partition coefficient (Wildman–Crippen LogP) is 3.50. The van der Waals surface area contributed by atoms with Crippen LogP contribution in [0.15, 0.2) is 42.5 Å². The summed E-state index contributed by atoms with van der Waals surface area (Å²) in [5, 5.41) is 15.4. The second-order valence-electron chi connectivity index (χ2n) is 10.3. The zero-order valence-corrected chi connectivity index (χ0v) is 22.8. The van der Waals surface area contributed by atoms with Gasteiger partial charge in [-0.1, -0.05) is 66.5 Å². The molecule has 0 aromatic heterocycles. The second-order valence-corrected chi connectivity index (χ2v) is 11.5. The Morgan fingerprint density at radius 1 is 1.24 bits per heavy atom. The number of ether oxygens (including phenoxy) is 2. The molecule has 9 heteroatoms. The highest BCUT2D eigenvalue weighted by Gasteiger charge is 2.77. The molecule has 1 spiro atoms. The Kier molecular flexibility index (Phi) is 7.06. The minimum absolute atomic E-state index is 0.0712. The van der Waals surface area contributed by atoms with E-state index in [1.807, 2.05) is 56.3 Å². The van der Waals surface area contributed by atoms with Crippen molar-refractivity contribution in [3.63, 3.8) is 0 Å². The molecule has 5 rings (SSSR count). The van der Waals surface area contributed by atoms with E-state index in [2.05, 4.69) is 21.2 Å². The normalized spacial score (nSPS) is 31.9. The molecule has 1 unspecified atom stereocenters. The number of fused-ring (bicyclic) bond motifs is 2. The average Bonchev–Trinajstić information content (AvgIpc) is 3.48. The van der Waals surface area contributed by atoms with Crippen LogP contribution in [0.3, 0.4) is 0 Å². The van der Waals surface area contributed by atoms with Crippen molar-refractivity contribution in [1.82, 2.24) is 4.90 Å². The number of hydrogen-bond donors (Lipinski definition) is 2. The highest BCUT2D eigenvalue weighted by molar-refractivity contribution is 9.09. The highest BCUT2D eigenvalue weighted by atomic mass is 79.9. The topological polar surface area (TPSA) is 105 Å². The fraction of sp³-hybridized carbons (Fsp3) is 0.536. The summed E-state index contributed by atoms with van der Waals surface area (Å²) >= 11 is 3.65. The number of amides is 2. The molecular formula is C28H33BrN2O6. The number of carbonyl (C=O) groups is 3. The maximum Gasteiger partial charge on any atom is 0.312 e. The van der Waals surface area contributed by atoms with Crippen molar-refractivity contribution >= 4 is 50.2 Å². The zero-order valence-electron chi connectivity index (χ0n) is 21.2. The number of carbonyl (C=O) groups excluding carboxylic acids is 3. The van der Waals surface area contributed by atoms with Crippen LogP contribution in [0.5, 0.6) is 0 Å². The van der Waals surface area contributed by atoms with Gasteiger partial charge >= 0.3 is 5.97 Å². The molecule has 2 aromatic carbocycles. The summed E-state index contributed by atoms with van der Waals surface area (Å²) in [6.07, 6.45) is 0.536. The van der Waals surface area contributed by atoms with Gasteiger partial charge in [-0.3, -0.25) is 14.4 Å². The monoisotopic (exact) mass is 572 g/mol. The van der Waals surface area contributed by atoms with Gasteiger partial charge in [0.2, 0.25) is 11.8 Å². The number of likely N-dealkylation sites (tertiary alicyclic amines) is 1. The third kappa shape index (κ3) is 4.06. The molecule has 0 saturated carbocycles. The van der Waals surface area contributed by atoms with Gasteiger partial charge in [-0.25, -0.2) is 0 Å². The molecule has 0 radical (unpaired) electrons. The molecule has 2 amide bonds. The molecule has 2 N–H and O–H groups in total. The fourth-order valence-electron chi connectivity index (χ4n) is 6.52. The third-order valence-electron chi connectivity index (χ3n) is 8.40. The predicted molar refractivity (Wildman–Crippen MR) is 142 cm³/mol. The van der Waals surface area contributed by atoms with E-state index < -0.39 is 47.5 Å². The molecule has 3 aliphatic rings. The summed E-state index contributed by atoms with van der Waals surface area (Å²) in [7, 11) is 0. The lowest BCUT2D eigenvalue weighted by Crippen LogP contribution is -2.57. The van der Waals surface area contributed by atoms with Crippen LogP contribution >= 0.6 is 15.9 Å². The number of nitrogens with zero attached hydrogens (tertiary/aromatic N) is 1. The van der Waals surface area contributed by atoms with Crippen molar-refractivity contribution in [3.8, 4) is 0 Å². The Morgan fingerprint density at radius 2 is 1.97 bits per heavy atom. The number of benzene rings is 2. The van der Waals surface area contributed by atoms with Crippen molar-refractivity contribution in [2.75, 3.05) is 18.5 Å². The molecule has 8 nitrogen and oxygen atoms in total. The largest absolute Gasteiger partial charge is 0.466 e. The van der Waals surface area contributed by atoms with Crippen molar-refractivity contribution in [2.24, 2.45) is 17.8 Å². The number of anilines is 1. The zero-order chi connectivity index (χ0) is 26.5. The lowest BCUT2D eigenvalue weighted by atomic mass is 9.70. The van der Waals surface area contributed by atoms with Crippen molar-refractivity contribution in [1.29, 1.82) is 0 Å². The van der Waals surface area contributed by atoms with Gasteiger partial charge in [-0.15, -0.1) is 0 Å². The summed E-state index contributed by atoms with van der Waals surface area (Å²) in [4.78, 5) is 42.5. The Labute approximate surface area is 224 Å². The third-order valence-corrected chi connectivity index (χ3v) is 9.24. The first kappa shape index (κ1) is 26.1. The first-order valence-electron chi connectivity index (χ1n) is 13.0. The summed E-state index contributed by atoms with van der Waals surface area (Å²) in [5.74, 6) is -2.95. The number of hydrogen-bond acceptors (Lipinski definition) is 6. The van der Waals surface area contributed by atoms with E-state index >= 15 is 0 Å². The Morgan fingerprint density at radius 3 is 2.65 bits per heavy atom. The van der Waals surface area contributed by atoms with E-state index in [4.69, 9.17) is 9.47 Å². The van der Waals surface area contributed by atoms with Crippen LogP contribution in [0.2, 0.25) is 0 Å². The Balaban J connectivity index is 1.57. The molecule has 2 aromatic rings. The van der Waals surface area contributed by atoms with E-state index in [9.17, 15) is 19.5 Å². The first-order valence-corrected chi connectivity index (χ1v) is 13.9. The number of aliphatic hydroxyl groups is 1. The Hall–Kier alpha value is -2.49. The van der Waals surface area contributed by atoms with E-state index in [1.54, 1.807) is 6.92 Å². The molecule has 3 fully saturated rings. The molecule has 0 aliphatic carbocycles. The number of nitrogens with one attached hydrogen (secondary N) is 1. The van der Waals surface area contributed by atoms with Gasteiger partial charge in [-0.05, 0) is 42.2 Å². The molecule has 3 heterocycles. The second kappa shape index (κ2) is 10.0. The average molecular weight is 573 g/mol. The van der Waals surface area contributed by atoms with Gasteiger partial charge in [0.25, 0.3) is 0 Å². The number of halogens is 1. The molecule has 3 saturated heterocycles. The number of rotatable bonds is 8. The van der Waals surface area contributed by atoms with Crippen LogP contribution < -0.4 is 5.32 Å². The van der Waals surface area contributed by atoms with Crippen LogP contribution in [-0.2, 0) is 23.9 Å². The molecule has 2 bridgehead atoms. The summed E-state index contributed by atoms with van der Waals surface area (Å²) in [6.45, 7) is 5.54. The Bertz CT molecular complexity index is 1220. The molecular weight excluding hydrogens is 540 g/mol. The minimum Gasteiger partial charge on any atom is -0.466 e. The van der Waals surface area contributed by atoms with Crippen LogP contribution in [-0.4, -0.2) is 69.6 Å². The van der Waals surface area contributed by atoms with Crippen LogP contribution in [0, 0.1) is 17.8 Å². The lowest BCUT2D eigenvalue weighted by Gasteiger charge is -2.38. The van der Waals surface area contributed by atoms with Gasteiger partial charge in [0.15, 0.2) is 0 Å². The SMILES string of the molecule is CCOC(=O)[C@H]1[C@@H]2O[C@@]3(CC2Br)[C@@H]1C(=O)N([C@@H](CO)[C@@H](C)CC)[C@@H]3C(=O)Nc1ccc2ccccc2c1. The number of esters is 1. The van der Waals surface area contributed by atoms with Crippen molar-refractivity contribution in [3.05, 3.63) is 42.5 Å². The molecule has 37 heavy (non-hydrogen) atoms. The quantitative estimate of drug-likeness (QED) is 0.370. The van der Waals surface area contributed by atoms with E-state index in [0.717, 1.165) is 10.8 Å². The molecule has 3 aliphatic heterocycles. The van der Waals surface area contributed by atoms with Gasteiger partial charge in [0.05, 0.1) is 37.2 Å². The fourth-order valence-corrected chi connectivity index (χ4v) is 7.47. The minimum atomic E-state index is -1.20. The first-order chi connectivity index (χ1) is 17.8. The van der Waals surface area contributed by atoms with Gasteiger partial charge < -0.3 is 24.8 Å².